The maximum atomic E-state index is 12.6. The third-order valence-corrected chi connectivity index (χ3v) is 4.83. The molecule has 0 spiro atoms. The van der Waals surface area contributed by atoms with Crippen LogP contribution < -0.4 is 5.32 Å². The van der Waals surface area contributed by atoms with Crippen molar-refractivity contribution in [2.45, 2.75) is 10.6 Å². The number of hydrogen-bond donors (Lipinski definition) is 1. The summed E-state index contributed by atoms with van der Waals surface area (Å²) in [5.41, 5.74) is 2.05. The zero-order chi connectivity index (χ0) is 18.4. The second-order valence-electron chi connectivity index (χ2n) is 5.53. The molecule has 0 aliphatic rings. The molecule has 0 aliphatic carbocycles. The number of thioether (sulfide) groups is 1. The van der Waals surface area contributed by atoms with Crippen LogP contribution in [0.4, 0.5) is 11.4 Å². The molecule has 6 heteroatoms. The molecule has 0 radical (unpaired) electrons. The van der Waals surface area contributed by atoms with E-state index in [2.05, 4.69) is 5.32 Å². The van der Waals surface area contributed by atoms with Crippen LogP contribution in [0, 0.1) is 10.1 Å². The Labute approximate surface area is 155 Å². The number of carbonyl (C=O) groups is 1. The second-order valence-corrected chi connectivity index (χ2v) is 6.55. The van der Waals surface area contributed by atoms with Crippen molar-refractivity contribution in [1.82, 2.24) is 0 Å². The van der Waals surface area contributed by atoms with Crippen LogP contribution in [-0.2, 0) is 5.75 Å². The van der Waals surface area contributed by atoms with Crippen LogP contribution in [0.1, 0.15) is 15.9 Å². The average molecular weight is 364 g/mol. The van der Waals surface area contributed by atoms with Gasteiger partial charge in [0, 0.05) is 28.5 Å². The van der Waals surface area contributed by atoms with Crippen molar-refractivity contribution < 1.29 is 9.72 Å². The highest BCUT2D eigenvalue weighted by atomic mass is 32.2. The first-order chi connectivity index (χ1) is 12.6. The van der Waals surface area contributed by atoms with E-state index in [1.54, 1.807) is 36.0 Å². The van der Waals surface area contributed by atoms with Gasteiger partial charge in [0.1, 0.15) is 0 Å². The van der Waals surface area contributed by atoms with Crippen molar-refractivity contribution in [3.8, 4) is 0 Å². The molecular weight excluding hydrogens is 348 g/mol. The predicted octanol–water partition coefficient (Wildman–Crippen LogP) is 5.14. The molecule has 0 aliphatic heterocycles. The Bertz CT molecular complexity index is 929. The molecule has 26 heavy (non-hydrogen) atoms. The lowest BCUT2D eigenvalue weighted by atomic mass is 10.2. The van der Waals surface area contributed by atoms with E-state index >= 15 is 0 Å². The normalized spacial score (nSPS) is 10.3. The summed E-state index contributed by atoms with van der Waals surface area (Å²) in [6.45, 7) is 0. The standard InChI is InChI=1S/C20H16N2O3S/c23-20(21-16-9-6-10-17(13-16)22(24)25)18-11-4-5-12-19(18)26-14-15-7-2-1-3-8-15/h1-13H,14H2,(H,21,23). The number of rotatable bonds is 6. The van der Waals surface area contributed by atoms with Crippen molar-refractivity contribution in [3.05, 3.63) is 100 Å². The van der Waals surface area contributed by atoms with Crippen molar-refractivity contribution in [2.24, 2.45) is 0 Å². The van der Waals surface area contributed by atoms with Crippen molar-refractivity contribution in [3.63, 3.8) is 0 Å². The summed E-state index contributed by atoms with van der Waals surface area (Å²) in [4.78, 5) is 23.9. The fraction of sp³-hybridized carbons (Fsp3) is 0.0500. The van der Waals surface area contributed by atoms with E-state index in [1.165, 1.54) is 17.7 Å². The van der Waals surface area contributed by atoms with Gasteiger partial charge < -0.3 is 5.32 Å². The molecule has 0 unspecified atom stereocenters. The topological polar surface area (TPSA) is 72.2 Å². The van der Waals surface area contributed by atoms with E-state index in [1.807, 2.05) is 42.5 Å². The minimum atomic E-state index is -0.487. The van der Waals surface area contributed by atoms with Crippen molar-refractivity contribution in [2.75, 3.05) is 5.32 Å². The summed E-state index contributed by atoms with van der Waals surface area (Å²) in [5, 5.41) is 13.6. The maximum Gasteiger partial charge on any atom is 0.271 e. The van der Waals surface area contributed by atoms with Gasteiger partial charge in [-0.1, -0.05) is 48.5 Å². The van der Waals surface area contributed by atoms with E-state index in [9.17, 15) is 14.9 Å². The van der Waals surface area contributed by atoms with E-state index in [0.29, 0.717) is 11.3 Å². The van der Waals surface area contributed by atoms with E-state index in [4.69, 9.17) is 0 Å². The minimum Gasteiger partial charge on any atom is -0.322 e. The molecule has 0 atom stereocenters. The number of nitro groups is 1. The SMILES string of the molecule is O=C(Nc1cccc([N+](=O)[O-])c1)c1ccccc1SCc1ccccc1. The highest BCUT2D eigenvalue weighted by Crippen LogP contribution is 2.27. The molecular formula is C20H16N2O3S. The molecule has 0 bridgehead atoms. The molecule has 130 valence electrons. The monoisotopic (exact) mass is 364 g/mol. The van der Waals surface area contributed by atoms with Gasteiger partial charge in [-0.2, -0.15) is 0 Å². The van der Waals surface area contributed by atoms with E-state index < -0.39 is 4.92 Å². The number of hydrogen-bond acceptors (Lipinski definition) is 4. The van der Waals surface area contributed by atoms with E-state index in [0.717, 1.165) is 10.6 Å². The molecule has 0 saturated carbocycles. The number of benzene rings is 3. The van der Waals surface area contributed by atoms with Gasteiger partial charge in [0.15, 0.2) is 0 Å². The Hall–Kier alpha value is -3.12. The highest BCUT2D eigenvalue weighted by Gasteiger charge is 2.13. The fourth-order valence-corrected chi connectivity index (χ4v) is 3.42. The Morgan fingerprint density at radius 3 is 2.46 bits per heavy atom. The van der Waals surface area contributed by atoms with Gasteiger partial charge in [-0.3, -0.25) is 14.9 Å². The van der Waals surface area contributed by atoms with Gasteiger partial charge in [0.05, 0.1) is 10.5 Å². The van der Waals surface area contributed by atoms with Crippen LogP contribution in [0.3, 0.4) is 0 Å². The number of amides is 1. The number of anilines is 1. The molecule has 5 nitrogen and oxygen atoms in total. The fourth-order valence-electron chi connectivity index (χ4n) is 2.41. The average Bonchev–Trinajstić information content (AvgIpc) is 2.67. The van der Waals surface area contributed by atoms with Crippen LogP contribution in [0.25, 0.3) is 0 Å². The first-order valence-corrected chi connectivity index (χ1v) is 8.93. The third kappa shape index (κ3) is 4.49. The molecule has 0 aromatic heterocycles. The molecule has 0 fully saturated rings. The molecule has 3 aromatic carbocycles. The lowest BCUT2D eigenvalue weighted by molar-refractivity contribution is -0.384. The molecule has 1 N–H and O–H groups in total. The van der Waals surface area contributed by atoms with Crippen LogP contribution in [0.5, 0.6) is 0 Å². The van der Waals surface area contributed by atoms with Crippen LogP contribution in [0.15, 0.2) is 83.8 Å². The summed E-state index contributed by atoms with van der Waals surface area (Å²) in [6, 6.07) is 23.3. The molecule has 0 heterocycles. The highest BCUT2D eigenvalue weighted by molar-refractivity contribution is 7.98. The van der Waals surface area contributed by atoms with Gasteiger partial charge in [-0.25, -0.2) is 0 Å². The predicted molar refractivity (Wildman–Crippen MR) is 103 cm³/mol. The smallest absolute Gasteiger partial charge is 0.271 e. The van der Waals surface area contributed by atoms with Gasteiger partial charge in [0.25, 0.3) is 11.6 Å². The van der Waals surface area contributed by atoms with Crippen LogP contribution >= 0.6 is 11.8 Å². The van der Waals surface area contributed by atoms with Gasteiger partial charge >= 0.3 is 0 Å². The lowest BCUT2D eigenvalue weighted by Gasteiger charge is -2.10. The number of nitrogens with one attached hydrogen (secondary N) is 1. The Kier molecular flexibility index (Phi) is 5.66. The first kappa shape index (κ1) is 17.7. The zero-order valence-corrected chi connectivity index (χ0v) is 14.6. The number of carbonyl (C=O) groups excluding carboxylic acids is 1. The largest absolute Gasteiger partial charge is 0.322 e. The van der Waals surface area contributed by atoms with Crippen LogP contribution in [0.2, 0.25) is 0 Å². The first-order valence-electron chi connectivity index (χ1n) is 7.95. The Morgan fingerprint density at radius 2 is 1.69 bits per heavy atom. The maximum absolute atomic E-state index is 12.6. The lowest BCUT2D eigenvalue weighted by Crippen LogP contribution is -2.13. The summed E-state index contributed by atoms with van der Waals surface area (Å²) in [7, 11) is 0. The number of nitrogens with zero attached hydrogens (tertiary/aromatic N) is 1. The number of non-ortho nitro benzene ring substituents is 1. The minimum absolute atomic E-state index is 0.0606. The summed E-state index contributed by atoms with van der Waals surface area (Å²) in [5.74, 6) is 0.462. The summed E-state index contributed by atoms with van der Waals surface area (Å²) >= 11 is 1.58. The number of nitro benzene ring substituents is 1. The Morgan fingerprint density at radius 1 is 0.962 bits per heavy atom. The second kappa shape index (κ2) is 8.31. The molecule has 3 rings (SSSR count). The van der Waals surface area contributed by atoms with Gasteiger partial charge in [-0.05, 0) is 23.8 Å². The van der Waals surface area contributed by atoms with Gasteiger partial charge in [0.2, 0.25) is 0 Å². The molecule has 3 aromatic rings. The Balaban J connectivity index is 1.75. The third-order valence-electron chi connectivity index (χ3n) is 3.68. The molecule has 1 amide bonds. The zero-order valence-electron chi connectivity index (χ0n) is 13.8. The van der Waals surface area contributed by atoms with Crippen LogP contribution in [-0.4, -0.2) is 10.8 Å². The summed E-state index contributed by atoms with van der Waals surface area (Å²) in [6.07, 6.45) is 0. The van der Waals surface area contributed by atoms with Crippen molar-refractivity contribution in [1.29, 1.82) is 0 Å². The van der Waals surface area contributed by atoms with Crippen molar-refractivity contribution >= 4 is 29.0 Å². The summed E-state index contributed by atoms with van der Waals surface area (Å²) < 4.78 is 0. The van der Waals surface area contributed by atoms with Gasteiger partial charge in [-0.15, -0.1) is 11.8 Å². The van der Waals surface area contributed by atoms with E-state index in [-0.39, 0.29) is 11.6 Å². The molecule has 0 saturated heterocycles. The quantitative estimate of drug-likeness (QED) is 0.373.